The van der Waals surface area contributed by atoms with Crippen LogP contribution in [0.2, 0.25) is 0 Å². The molecule has 0 saturated carbocycles. The Bertz CT molecular complexity index is 1100. The lowest BCUT2D eigenvalue weighted by Gasteiger charge is -2.36. The van der Waals surface area contributed by atoms with Crippen molar-refractivity contribution in [1.82, 2.24) is 20.5 Å². The molecule has 3 rings (SSSR count). The molecule has 8 nitrogen and oxygen atoms in total. The number of carbonyl (C=O) groups is 3. The topological polar surface area (TPSA) is 112 Å². The lowest BCUT2D eigenvalue weighted by atomic mass is 9.84. The van der Waals surface area contributed by atoms with E-state index >= 15 is 0 Å². The minimum atomic E-state index is -0.826. The third-order valence-corrected chi connectivity index (χ3v) is 7.34. The fourth-order valence-corrected chi connectivity index (χ4v) is 4.94. The first-order chi connectivity index (χ1) is 16.7. The molecule has 1 aliphatic rings. The van der Waals surface area contributed by atoms with E-state index in [2.05, 4.69) is 15.6 Å². The number of hydrogen-bond donors (Lipinski definition) is 3. The molecular formula is C27H38N4O4S. The molecule has 0 bridgehead atoms. The fourth-order valence-electron chi connectivity index (χ4n) is 4.13. The van der Waals surface area contributed by atoms with Crippen LogP contribution in [-0.2, 0) is 20.9 Å². The van der Waals surface area contributed by atoms with E-state index in [1.165, 1.54) is 4.90 Å². The van der Waals surface area contributed by atoms with Crippen LogP contribution in [0.3, 0.4) is 0 Å². The first-order valence-electron chi connectivity index (χ1n) is 12.2. The monoisotopic (exact) mass is 514 g/mol. The molecule has 3 atom stereocenters. The van der Waals surface area contributed by atoms with Gasteiger partial charge in [-0.1, -0.05) is 65.8 Å². The zero-order valence-corrected chi connectivity index (χ0v) is 23.0. The number of aryl methyl sites for hydroxylation is 1. The molecule has 0 aliphatic carbocycles. The van der Waals surface area contributed by atoms with Crippen LogP contribution in [0.25, 0.3) is 10.4 Å². The van der Waals surface area contributed by atoms with Crippen LogP contribution in [0.15, 0.2) is 29.8 Å². The molecule has 3 N–H and O–H groups in total. The van der Waals surface area contributed by atoms with Gasteiger partial charge in [0.2, 0.25) is 17.7 Å². The highest BCUT2D eigenvalue weighted by Crippen LogP contribution is 2.28. The quantitative estimate of drug-likeness (QED) is 0.548. The van der Waals surface area contributed by atoms with Crippen molar-refractivity contribution in [2.75, 3.05) is 6.54 Å². The van der Waals surface area contributed by atoms with Crippen molar-refractivity contribution in [3.05, 3.63) is 41.0 Å². The number of rotatable bonds is 6. The third-order valence-electron chi connectivity index (χ3n) is 6.36. The molecule has 0 radical (unpaired) electrons. The molecule has 1 aliphatic heterocycles. The van der Waals surface area contributed by atoms with Crippen LogP contribution < -0.4 is 10.6 Å². The number of aromatic nitrogens is 1. The molecule has 1 aromatic heterocycles. The van der Waals surface area contributed by atoms with Gasteiger partial charge in [-0.25, -0.2) is 4.98 Å². The Hall–Kier alpha value is -2.78. The van der Waals surface area contributed by atoms with Gasteiger partial charge >= 0.3 is 0 Å². The second kappa shape index (κ2) is 10.7. The van der Waals surface area contributed by atoms with E-state index in [4.69, 9.17) is 0 Å². The van der Waals surface area contributed by atoms with Crippen molar-refractivity contribution in [2.45, 2.75) is 79.6 Å². The molecule has 2 unspecified atom stereocenters. The Kier molecular flexibility index (Phi) is 8.25. The van der Waals surface area contributed by atoms with Crippen LogP contribution in [0.5, 0.6) is 0 Å². The number of aliphatic hydroxyl groups excluding tert-OH is 1. The van der Waals surface area contributed by atoms with Gasteiger partial charge in [-0.05, 0) is 23.5 Å². The Morgan fingerprint density at radius 3 is 2.31 bits per heavy atom. The number of aliphatic hydroxyl groups is 1. The molecule has 36 heavy (non-hydrogen) atoms. The van der Waals surface area contributed by atoms with Crippen molar-refractivity contribution in [1.29, 1.82) is 0 Å². The summed E-state index contributed by atoms with van der Waals surface area (Å²) >= 11 is 1.59. The zero-order valence-electron chi connectivity index (χ0n) is 22.2. The van der Waals surface area contributed by atoms with E-state index in [1.807, 2.05) is 57.5 Å². The number of hydrogen-bond acceptors (Lipinski definition) is 6. The number of carbonyl (C=O) groups excluding carboxylic acids is 3. The van der Waals surface area contributed by atoms with Gasteiger partial charge in [-0.3, -0.25) is 14.4 Å². The molecule has 2 aromatic rings. The zero-order chi connectivity index (χ0) is 26.8. The number of amides is 3. The number of β-amino-alcohol motifs (C(OH)–C–C–N with tert-alkyl or cyclic N) is 1. The first-order valence-corrected chi connectivity index (χ1v) is 13.1. The summed E-state index contributed by atoms with van der Waals surface area (Å²) < 4.78 is 0. The normalized spacial score (nSPS) is 19.2. The predicted octanol–water partition coefficient (Wildman–Crippen LogP) is 3.27. The maximum atomic E-state index is 13.6. The standard InChI is InChI=1S/C27H38N4O4S/c1-16-21(36-15-29-16)18-10-8-17(9-11-18)13-28-23(33)20-12-19(32)14-31(20)24(34)22(26(2,3)4)30-25(35)27(5,6)7/h8-11,15,19-20,22,32H,12-14H2,1-7H3,(H,28,33)(H,30,35)/t19?,20-,22?/m0/s1. The van der Waals surface area contributed by atoms with Crippen molar-refractivity contribution in [2.24, 2.45) is 10.8 Å². The van der Waals surface area contributed by atoms with Crippen molar-refractivity contribution >= 4 is 29.1 Å². The van der Waals surface area contributed by atoms with E-state index in [1.54, 1.807) is 32.1 Å². The number of nitrogens with zero attached hydrogens (tertiary/aromatic N) is 2. The summed E-state index contributed by atoms with van der Waals surface area (Å²) in [5.41, 5.74) is 3.56. The first kappa shape index (κ1) is 27.8. The largest absolute Gasteiger partial charge is 0.391 e. The molecule has 9 heteroatoms. The van der Waals surface area contributed by atoms with E-state index < -0.39 is 29.0 Å². The minimum Gasteiger partial charge on any atom is -0.391 e. The highest BCUT2D eigenvalue weighted by Gasteiger charge is 2.45. The van der Waals surface area contributed by atoms with Crippen LogP contribution >= 0.6 is 11.3 Å². The van der Waals surface area contributed by atoms with E-state index in [9.17, 15) is 19.5 Å². The smallest absolute Gasteiger partial charge is 0.246 e. The highest BCUT2D eigenvalue weighted by atomic mass is 32.1. The molecule has 1 aromatic carbocycles. The van der Waals surface area contributed by atoms with E-state index in [-0.39, 0.29) is 30.7 Å². The maximum Gasteiger partial charge on any atom is 0.246 e. The lowest BCUT2D eigenvalue weighted by molar-refractivity contribution is -0.145. The molecule has 0 spiro atoms. The van der Waals surface area contributed by atoms with Crippen LogP contribution in [-0.4, -0.2) is 57.4 Å². The third kappa shape index (κ3) is 6.50. The summed E-state index contributed by atoms with van der Waals surface area (Å²) in [6.07, 6.45) is -0.642. The SMILES string of the molecule is Cc1ncsc1-c1ccc(CNC(=O)[C@@H]2CC(O)CN2C(=O)C(NC(=O)C(C)(C)C)C(C)(C)C)cc1. The Morgan fingerprint density at radius 2 is 1.78 bits per heavy atom. The second-order valence-electron chi connectivity index (χ2n) is 11.6. The van der Waals surface area contributed by atoms with Crippen LogP contribution in [0.1, 0.15) is 59.2 Å². The molecule has 1 fully saturated rings. The molecule has 2 heterocycles. The molecule has 3 amide bonds. The van der Waals surface area contributed by atoms with Crippen molar-refractivity contribution in [3.8, 4) is 10.4 Å². The van der Waals surface area contributed by atoms with Gasteiger partial charge in [-0.15, -0.1) is 11.3 Å². The molecule has 1 saturated heterocycles. The van der Waals surface area contributed by atoms with Gasteiger partial charge in [-0.2, -0.15) is 0 Å². The van der Waals surface area contributed by atoms with Gasteiger partial charge in [0.1, 0.15) is 12.1 Å². The number of thiazole rings is 1. The summed E-state index contributed by atoms with van der Waals surface area (Å²) in [6.45, 7) is 13.3. The second-order valence-corrected chi connectivity index (χ2v) is 12.5. The van der Waals surface area contributed by atoms with E-state index in [0.29, 0.717) is 6.54 Å². The maximum absolute atomic E-state index is 13.6. The fraction of sp³-hybridized carbons (Fsp3) is 0.556. The lowest BCUT2D eigenvalue weighted by Crippen LogP contribution is -2.59. The molecule has 196 valence electrons. The number of likely N-dealkylation sites (tertiary alicyclic amines) is 1. The summed E-state index contributed by atoms with van der Waals surface area (Å²) in [7, 11) is 0. The van der Waals surface area contributed by atoms with Gasteiger partial charge in [0.05, 0.1) is 22.2 Å². The number of benzene rings is 1. The minimum absolute atomic E-state index is 0.0534. The average Bonchev–Trinajstić information content (AvgIpc) is 3.39. The number of nitrogens with one attached hydrogen (secondary N) is 2. The van der Waals surface area contributed by atoms with Crippen molar-refractivity contribution in [3.63, 3.8) is 0 Å². The summed E-state index contributed by atoms with van der Waals surface area (Å²) in [4.78, 5) is 46.2. The van der Waals surface area contributed by atoms with Gasteiger partial charge < -0.3 is 20.6 Å². The Morgan fingerprint density at radius 1 is 1.14 bits per heavy atom. The van der Waals surface area contributed by atoms with E-state index in [0.717, 1.165) is 21.7 Å². The Balaban J connectivity index is 1.69. The summed E-state index contributed by atoms with van der Waals surface area (Å²) in [5, 5.41) is 16.1. The highest BCUT2D eigenvalue weighted by molar-refractivity contribution is 7.13. The summed E-state index contributed by atoms with van der Waals surface area (Å²) in [6, 6.07) is 6.29. The van der Waals surface area contributed by atoms with Crippen LogP contribution in [0, 0.1) is 17.8 Å². The van der Waals surface area contributed by atoms with Crippen molar-refractivity contribution < 1.29 is 19.5 Å². The van der Waals surface area contributed by atoms with Gasteiger partial charge in [0.25, 0.3) is 0 Å². The van der Waals surface area contributed by atoms with Crippen LogP contribution in [0.4, 0.5) is 0 Å². The molecular weight excluding hydrogens is 476 g/mol. The predicted molar refractivity (Wildman–Crippen MR) is 141 cm³/mol. The van der Waals surface area contributed by atoms with Gasteiger partial charge in [0.15, 0.2) is 0 Å². The van der Waals surface area contributed by atoms with Gasteiger partial charge in [0, 0.05) is 24.9 Å². The summed E-state index contributed by atoms with van der Waals surface area (Å²) in [5.74, 6) is -0.924. The Labute approximate surface area is 217 Å². The average molecular weight is 515 g/mol.